The smallest absolute Gasteiger partial charge is 0.238 e. The van der Waals surface area contributed by atoms with Crippen LogP contribution in [0.15, 0.2) is 4.52 Å². The molecule has 22 heavy (non-hydrogen) atoms. The van der Waals surface area contributed by atoms with Crippen LogP contribution < -0.4 is 5.32 Å². The van der Waals surface area contributed by atoms with Crippen molar-refractivity contribution in [2.24, 2.45) is 0 Å². The Kier molecular flexibility index (Phi) is 5.23. The van der Waals surface area contributed by atoms with E-state index in [1.54, 1.807) is 13.8 Å². The Balaban J connectivity index is 1.97. The van der Waals surface area contributed by atoms with Gasteiger partial charge in [-0.05, 0) is 33.6 Å². The van der Waals surface area contributed by atoms with Gasteiger partial charge in [-0.1, -0.05) is 5.16 Å². The van der Waals surface area contributed by atoms with Gasteiger partial charge in [0.1, 0.15) is 11.0 Å². The summed E-state index contributed by atoms with van der Waals surface area (Å²) in [4.78, 5) is 12.1. The van der Waals surface area contributed by atoms with Gasteiger partial charge in [0, 0.05) is 18.7 Å². The standard InChI is InChI=1S/C14H22N2O5S/c1-9-13(10(2)21-16-9)8-22(18,19)11(3)14(17)15-7-12-5-4-6-20-12/h11-12H,4-8H2,1-3H3,(H,15,17). The molecule has 0 aliphatic carbocycles. The number of rotatable bonds is 6. The molecule has 1 fully saturated rings. The molecule has 1 saturated heterocycles. The first-order chi connectivity index (χ1) is 10.3. The second-order valence-electron chi connectivity index (χ2n) is 5.63. The summed E-state index contributed by atoms with van der Waals surface area (Å²) in [5, 5.41) is 5.27. The Labute approximate surface area is 130 Å². The predicted molar refractivity (Wildman–Crippen MR) is 80.0 cm³/mol. The Morgan fingerprint density at radius 3 is 2.73 bits per heavy atom. The highest BCUT2D eigenvalue weighted by Crippen LogP contribution is 2.18. The molecule has 124 valence electrons. The molecular formula is C14H22N2O5S. The second-order valence-corrected chi connectivity index (χ2v) is 7.95. The molecule has 1 aromatic heterocycles. The Hall–Kier alpha value is -1.41. The third kappa shape index (κ3) is 3.86. The number of hydrogen-bond acceptors (Lipinski definition) is 6. The lowest BCUT2D eigenvalue weighted by Crippen LogP contribution is -2.41. The van der Waals surface area contributed by atoms with Crippen molar-refractivity contribution in [3.63, 3.8) is 0 Å². The molecule has 2 unspecified atom stereocenters. The van der Waals surface area contributed by atoms with Crippen molar-refractivity contribution in [1.82, 2.24) is 10.5 Å². The molecule has 1 N–H and O–H groups in total. The number of nitrogens with zero attached hydrogens (tertiary/aromatic N) is 1. The van der Waals surface area contributed by atoms with Crippen LogP contribution >= 0.6 is 0 Å². The van der Waals surface area contributed by atoms with Crippen LogP contribution in [0.3, 0.4) is 0 Å². The number of carbonyl (C=O) groups is 1. The zero-order valence-corrected chi connectivity index (χ0v) is 13.9. The number of nitrogens with one attached hydrogen (secondary N) is 1. The zero-order chi connectivity index (χ0) is 16.3. The lowest BCUT2D eigenvalue weighted by molar-refractivity contribution is -0.120. The molecule has 1 aliphatic heterocycles. The summed E-state index contributed by atoms with van der Waals surface area (Å²) in [6.45, 7) is 5.79. The largest absolute Gasteiger partial charge is 0.376 e. The fraction of sp³-hybridized carbons (Fsp3) is 0.714. The Bertz CT molecular complexity index is 612. The van der Waals surface area contributed by atoms with Gasteiger partial charge in [-0.15, -0.1) is 0 Å². The van der Waals surface area contributed by atoms with E-state index in [1.807, 2.05) is 0 Å². The van der Waals surface area contributed by atoms with Gasteiger partial charge in [0.15, 0.2) is 9.84 Å². The number of amides is 1. The first-order valence-corrected chi connectivity index (χ1v) is 9.05. The lowest BCUT2D eigenvalue weighted by atomic mass is 10.2. The van der Waals surface area contributed by atoms with Crippen LogP contribution in [0.1, 0.15) is 36.8 Å². The van der Waals surface area contributed by atoms with Gasteiger partial charge in [-0.2, -0.15) is 0 Å². The van der Waals surface area contributed by atoms with Crippen LogP contribution in [0, 0.1) is 13.8 Å². The van der Waals surface area contributed by atoms with E-state index in [0.717, 1.165) is 12.8 Å². The maximum absolute atomic E-state index is 12.4. The number of aromatic nitrogens is 1. The van der Waals surface area contributed by atoms with E-state index < -0.39 is 21.0 Å². The third-order valence-corrected chi connectivity index (χ3v) is 5.95. The normalized spacial score (nSPS) is 20.0. The van der Waals surface area contributed by atoms with Crippen LogP contribution in [0.2, 0.25) is 0 Å². The molecule has 0 saturated carbocycles. The number of sulfone groups is 1. The first kappa shape index (κ1) is 17.0. The average Bonchev–Trinajstić information content (AvgIpc) is 3.09. The summed E-state index contributed by atoms with van der Waals surface area (Å²) < 4.78 is 35.1. The van der Waals surface area contributed by atoms with Crippen molar-refractivity contribution < 1.29 is 22.5 Å². The molecule has 7 nitrogen and oxygen atoms in total. The summed E-state index contributed by atoms with van der Waals surface area (Å²) in [6, 6.07) is 0. The highest BCUT2D eigenvalue weighted by atomic mass is 32.2. The molecule has 1 aromatic rings. The van der Waals surface area contributed by atoms with Crippen LogP contribution in [0.5, 0.6) is 0 Å². The van der Waals surface area contributed by atoms with Gasteiger partial charge in [-0.3, -0.25) is 4.79 Å². The van der Waals surface area contributed by atoms with Crippen molar-refractivity contribution in [3.05, 3.63) is 17.0 Å². The monoisotopic (exact) mass is 330 g/mol. The maximum atomic E-state index is 12.4. The molecular weight excluding hydrogens is 308 g/mol. The molecule has 0 spiro atoms. The highest BCUT2D eigenvalue weighted by molar-refractivity contribution is 7.92. The number of carbonyl (C=O) groups excluding carboxylic acids is 1. The van der Waals surface area contributed by atoms with Crippen LogP contribution in [-0.4, -0.2) is 44.0 Å². The summed E-state index contributed by atoms with van der Waals surface area (Å²) in [5.41, 5.74) is 1.06. The van der Waals surface area contributed by atoms with Gasteiger partial charge in [0.05, 0.1) is 17.6 Å². The SMILES string of the molecule is Cc1noc(C)c1CS(=O)(=O)C(C)C(=O)NCC1CCCO1. The van der Waals surface area contributed by atoms with Crippen LogP contribution in [0.25, 0.3) is 0 Å². The summed E-state index contributed by atoms with van der Waals surface area (Å²) in [5.74, 6) is -0.279. The van der Waals surface area contributed by atoms with Gasteiger partial charge in [-0.25, -0.2) is 8.42 Å². The molecule has 2 atom stereocenters. The number of ether oxygens (including phenoxy) is 1. The molecule has 1 aliphatic rings. The molecule has 1 amide bonds. The Morgan fingerprint density at radius 1 is 1.45 bits per heavy atom. The van der Waals surface area contributed by atoms with E-state index in [2.05, 4.69) is 10.5 Å². The van der Waals surface area contributed by atoms with Gasteiger partial charge in [0.2, 0.25) is 5.91 Å². The minimum absolute atomic E-state index is 0.0126. The fourth-order valence-electron chi connectivity index (χ4n) is 2.36. The lowest BCUT2D eigenvalue weighted by Gasteiger charge is -2.15. The zero-order valence-electron chi connectivity index (χ0n) is 13.1. The van der Waals surface area contributed by atoms with E-state index in [-0.39, 0.29) is 11.9 Å². The molecule has 2 heterocycles. The van der Waals surface area contributed by atoms with Crippen LogP contribution in [0.4, 0.5) is 0 Å². The predicted octanol–water partition coefficient (Wildman–Crippen LogP) is 0.890. The van der Waals surface area contributed by atoms with Gasteiger partial charge in [0.25, 0.3) is 0 Å². The topological polar surface area (TPSA) is 98.5 Å². The summed E-state index contributed by atoms with van der Waals surface area (Å²) >= 11 is 0. The fourth-order valence-corrected chi connectivity index (χ4v) is 3.83. The van der Waals surface area contributed by atoms with E-state index in [0.29, 0.717) is 30.2 Å². The van der Waals surface area contributed by atoms with E-state index in [4.69, 9.17) is 9.26 Å². The maximum Gasteiger partial charge on any atom is 0.238 e. The second kappa shape index (κ2) is 6.78. The molecule has 8 heteroatoms. The summed E-state index contributed by atoms with van der Waals surface area (Å²) in [6.07, 6.45) is 1.85. The van der Waals surface area contributed by atoms with Crippen molar-refractivity contribution in [1.29, 1.82) is 0 Å². The molecule has 0 bridgehead atoms. The minimum atomic E-state index is -3.63. The van der Waals surface area contributed by atoms with Crippen molar-refractivity contribution in [2.45, 2.75) is 50.7 Å². The van der Waals surface area contributed by atoms with E-state index >= 15 is 0 Å². The van der Waals surface area contributed by atoms with Gasteiger partial charge >= 0.3 is 0 Å². The molecule has 2 rings (SSSR count). The first-order valence-electron chi connectivity index (χ1n) is 7.34. The van der Waals surface area contributed by atoms with Crippen molar-refractivity contribution in [3.8, 4) is 0 Å². The van der Waals surface area contributed by atoms with Crippen molar-refractivity contribution >= 4 is 15.7 Å². The number of hydrogen-bond donors (Lipinski definition) is 1. The van der Waals surface area contributed by atoms with E-state index in [9.17, 15) is 13.2 Å². The quantitative estimate of drug-likeness (QED) is 0.832. The minimum Gasteiger partial charge on any atom is -0.376 e. The average molecular weight is 330 g/mol. The Morgan fingerprint density at radius 2 is 2.18 bits per heavy atom. The van der Waals surface area contributed by atoms with Gasteiger partial charge < -0.3 is 14.6 Å². The van der Waals surface area contributed by atoms with Crippen LogP contribution in [-0.2, 0) is 25.1 Å². The molecule has 0 aromatic carbocycles. The summed E-state index contributed by atoms with van der Waals surface area (Å²) in [7, 11) is -3.63. The third-order valence-electron chi connectivity index (χ3n) is 3.96. The highest BCUT2D eigenvalue weighted by Gasteiger charge is 2.30. The van der Waals surface area contributed by atoms with Crippen molar-refractivity contribution in [2.75, 3.05) is 13.2 Å². The molecule has 0 radical (unpaired) electrons. The number of aryl methyl sites for hydroxylation is 2. The van der Waals surface area contributed by atoms with E-state index in [1.165, 1.54) is 6.92 Å².